The van der Waals surface area contributed by atoms with Gasteiger partial charge in [-0.2, -0.15) is 24.7 Å². The van der Waals surface area contributed by atoms with Crippen LogP contribution in [0.5, 0.6) is 11.8 Å². The van der Waals surface area contributed by atoms with Crippen LogP contribution in [-0.2, 0) is 0 Å². The van der Waals surface area contributed by atoms with Gasteiger partial charge in [-0.1, -0.05) is 15.9 Å². The second-order valence-corrected chi connectivity index (χ2v) is 5.04. The van der Waals surface area contributed by atoms with E-state index in [0.717, 1.165) is 10.0 Å². The van der Waals surface area contributed by atoms with Crippen LogP contribution in [0.15, 0.2) is 35.3 Å². The van der Waals surface area contributed by atoms with Crippen LogP contribution < -0.4 is 10.5 Å². The number of nitrogens with two attached hydrogens (primary N) is 1. The number of nitrogens with zero attached hydrogens (tertiary/aromatic N) is 6. The maximum absolute atomic E-state index is 5.67. The molecule has 0 aliphatic carbocycles. The lowest BCUT2D eigenvalue weighted by Crippen LogP contribution is -2.08. The predicted octanol–water partition coefficient (Wildman–Crippen LogP) is 1.90. The third-order valence-corrected chi connectivity index (χ3v) is 3.08. The Bertz CT molecular complexity index is 775. The topological polar surface area (TPSA) is 105 Å². The summed E-state index contributed by atoms with van der Waals surface area (Å²) in [5.41, 5.74) is 6.61. The largest absolute Gasteiger partial charge is 0.424 e. The van der Waals surface area contributed by atoms with E-state index >= 15 is 0 Å². The Morgan fingerprint density at radius 1 is 1.24 bits per heavy atom. The molecule has 3 rings (SSSR count). The summed E-state index contributed by atoms with van der Waals surface area (Å²) in [5.74, 6) is 0.915. The van der Waals surface area contributed by atoms with Gasteiger partial charge in [0.05, 0.1) is 0 Å². The van der Waals surface area contributed by atoms with Gasteiger partial charge in [-0.15, -0.1) is 0 Å². The van der Waals surface area contributed by atoms with Gasteiger partial charge < -0.3 is 10.5 Å². The summed E-state index contributed by atoms with van der Waals surface area (Å²) in [6.07, 6.45) is 2.84. The molecule has 21 heavy (non-hydrogen) atoms. The molecular formula is C12H10BrN7O. The first-order valence-electron chi connectivity index (χ1n) is 5.92. The van der Waals surface area contributed by atoms with E-state index in [1.54, 1.807) is 0 Å². The van der Waals surface area contributed by atoms with E-state index in [4.69, 9.17) is 10.5 Å². The lowest BCUT2D eigenvalue weighted by atomic mass is 10.2. The number of ether oxygens (including phenoxy) is 1. The molecule has 0 fully saturated rings. The van der Waals surface area contributed by atoms with Crippen molar-refractivity contribution in [1.82, 2.24) is 29.7 Å². The fourth-order valence-electron chi connectivity index (χ4n) is 1.65. The van der Waals surface area contributed by atoms with Crippen LogP contribution in [0.1, 0.15) is 5.56 Å². The number of anilines is 1. The van der Waals surface area contributed by atoms with E-state index in [0.29, 0.717) is 5.75 Å². The number of aryl methyl sites for hydroxylation is 1. The van der Waals surface area contributed by atoms with Crippen LogP contribution in [0.25, 0.3) is 5.95 Å². The number of rotatable bonds is 3. The first-order valence-corrected chi connectivity index (χ1v) is 6.71. The summed E-state index contributed by atoms with van der Waals surface area (Å²) < 4.78 is 8.00. The number of nitrogen functional groups attached to an aromatic ring is 1. The van der Waals surface area contributed by atoms with Gasteiger partial charge in [0.15, 0.2) is 0 Å². The van der Waals surface area contributed by atoms with Crippen molar-refractivity contribution in [2.24, 2.45) is 0 Å². The smallest absolute Gasteiger partial charge is 0.328 e. The second-order valence-electron chi connectivity index (χ2n) is 4.13. The van der Waals surface area contributed by atoms with Gasteiger partial charge >= 0.3 is 6.01 Å². The molecule has 2 heterocycles. The third kappa shape index (κ3) is 2.97. The van der Waals surface area contributed by atoms with Crippen molar-refractivity contribution in [1.29, 1.82) is 0 Å². The summed E-state index contributed by atoms with van der Waals surface area (Å²) in [5, 5.41) is 3.94. The fourth-order valence-corrected chi connectivity index (χ4v) is 2.12. The fraction of sp³-hybridized carbons (Fsp3) is 0.0833. The highest BCUT2D eigenvalue weighted by molar-refractivity contribution is 9.10. The molecule has 0 aliphatic heterocycles. The second kappa shape index (κ2) is 5.44. The number of hydrogen-bond acceptors (Lipinski definition) is 7. The quantitative estimate of drug-likeness (QED) is 0.771. The van der Waals surface area contributed by atoms with Crippen molar-refractivity contribution in [3.8, 4) is 17.7 Å². The molecule has 0 unspecified atom stereocenters. The van der Waals surface area contributed by atoms with E-state index in [1.807, 2.05) is 25.1 Å². The van der Waals surface area contributed by atoms with Crippen molar-refractivity contribution in [3.05, 3.63) is 40.9 Å². The Balaban J connectivity index is 1.95. The lowest BCUT2D eigenvalue weighted by Gasteiger charge is -2.08. The van der Waals surface area contributed by atoms with Crippen molar-refractivity contribution >= 4 is 21.9 Å². The average Bonchev–Trinajstić information content (AvgIpc) is 2.95. The molecule has 0 radical (unpaired) electrons. The molecular weight excluding hydrogens is 338 g/mol. The standard InChI is InChI=1S/C12H10BrN7O/c1-7-4-8(13)2-3-9(7)21-12-18-10(14)17-11(19-12)20-6-15-5-16-20/h2-6H,1H3,(H2,14,17,18,19). The summed E-state index contributed by atoms with van der Waals surface area (Å²) in [7, 11) is 0. The first kappa shape index (κ1) is 13.4. The zero-order chi connectivity index (χ0) is 14.8. The molecule has 0 saturated carbocycles. The third-order valence-electron chi connectivity index (χ3n) is 2.58. The number of hydrogen-bond donors (Lipinski definition) is 1. The van der Waals surface area contributed by atoms with E-state index in [1.165, 1.54) is 17.3 Å². The maximum Gasteiger partial charge on any atom is 0.328 e. The molecule has 2 aromatic heterocycles. The Labute approximate surface area is 128 Å². The molecule has 0 aliphatic rings. The zero-order valence-electron chi connectivity index (χ0n) is 10.9. The highest BCUT2D eigenvalue weighted by Gasteiger charge is 2.10. The normalized spacial score (nSPS) is 10.6. The Morgan fingerprint density at radius 3 is 2.81 bits per heavy atom. The van der Waals surface area contributed by atoms with Crippen LogP contribution in [0.4, 0.5) is 5.95 Å². The van der Waals surface area contributed by atoms with Crippen LogP contribution >= 0.6 is 15.9 Å². The van der Waals surface area contributed by atoms with Crippen molar-refractivity contribution in [2.45, 2.75) is 6.92 Å². The van der Waals surface area contributed by atoms with Crippen LogP contribution in [-0.4, -0.2) is 29.7 Å². The van der Waals surface area contributed by atoms with E-state index in [9.17, 15) is 0 Å². The van der Waals surface area contributed by atoms with Crippen molar-refractivity contribution < 1.29 is 4.74 Å². The maximum atomic E-state index is 5.67. The molecule has 106 valence electrons. The van der Waals surface area contributed by atoms with Gasteiger partial charge in [0.1, 0.15) is 18.4 Å². The van der Waals surface area contributed by atoms with Crippen LogP contribution in [0.2, 0.25) is 0 Å². The number of aromatic nitrogens is 6. The summed E-state index contributed by atoms with van der Waals surface area (Å²) in [6, 6.07) is 5.70. The van der Waals surface area contributed by atoms with Gasteiger partial charge in [-0.3, -0.25) is 0 Å². The molecule has 3 aromatic rings. The summed E-state index contributed by atoms with van der Waals surface area (Å²) in [6.45, 7) is 1.92. The Morgan fingerprint density at radius 2 is 2.10 bits per heavy atom. The minimum absolute atomic E-state index is 0.0419. The number of benzene rings is 1. The van der Waals surface area contributed by atoms with Crippen molar-refractivity contribution in [2.75, 3.05) is 5.73 Å². The monoisotopic (exact) mass is 347 g/mol. The van der Waals surface area contributed by atoms with E-state index in [2.05, 4.69) is 41.0 Å². The molecule has 2 N–H and O–H groups in total. The molecule has 8 nitrogen and oxygen atoms in total. The summed E-state index contributed by atoms with van der Waals surface area (Å²) in [4.78, 5) is 15.9. The molecule has 1 aromatic carbocycles. The minimum atomic E-state index is 0.0419. The van der Waals surface area contributed by atoms with Gasteiger partial charge in [0.2, 0.25) is 5.95 Å². The van der Waals surface area contributed by atoms with Crippen LogP contribution in [0.3, 0.4) is 0 Å². The van der Waals surface area contributed by atoms with Gasteiger partial charge in [-0.05, 0) is 30.7 Å². The molecule has 0 bridgehead atoms. The molecule has 9 heteroatoms. The molecule has 0 atom stereocenters. The Hall–Kier alpha value is -2.55. The highest BCUT2D eigenvalue weighted by Crippen LogP contribution is 2.25. The van der Waals surface area contributed by atoms with E-state index < -0.39 is 0 Å². The SMILES string of the molecule is Cc1cc(Br)ccc1Oc1nc(N)nc(-n2cncn2)n1. The van der Waals surface area contributed by atoms with Gasteiger partial charge in [0, 0.05) is 4.47 Å². The molecule has 0 saturated heterocycles. The average molecular weight is 348 g/mol. The van der Waals surface area contributed by atoms with Crippen molar-refractivity contribution in [3.63, 3.8) is 0 Å². The predicted molar refractivity (Wildman–Crippen MR) is 78.1 cm³/mol. The van der Waals surface area contributed by atoms with E-state index in [-0.39, 0.29) is 17.9 Å². The van der Waals surface area contributed by atoms with Crippen LogP contribution in [0, 0.1) is 6.92 Å². The summed E-state index contributed by atoms with van der Waals surface area (Å²) >= 11 is 3.40. The molecule has 0 spiro atoms. The number of halogens is 1. The highest BCUT2D eigenvalue weighted by atomic mass is 79.9. The molecule has 0 amide bonds. The minimum Gasteiger partial charge on any atom is -0.424 e. The first-order chi connectivity index (χ1) is 10.1. The van der Waals surface area contributed by atoms with Gasteiger partial charge in [-0.25, -0.2) is 4.98 Å². The Kier molecular flexibility index (Phi) is 3.48. The lowest BCUT2D eigenvalue weighted by molar-refractivity contribution is 0.435. The zero-order valence-corrected chi connectivity index (χ0v) is 12.5. The van der Waals surface area contributed by atoms with Gasteiger partial charge in [0.25, 0.3) is 5.95 Å².